The van der Waals surface area contributed by atoms with Crippen LogP contribution in [0.3, 0.4) is 0 Å². The predicted octanol–water partition coefficient (Wildman–Crippen LogP) is 3.84. The second-order valence-corrected chi connectivity index (χ2v) is 8.56. The summed E-state index contributed by atoms with van der Waals surface area (Å²) in [6.45, 7) is 4.48. The van der Waals surface area contributed by atoms with Crippen LogP contribution in [0, 0.1) is 13.8 Å². The number of likely N-dealkylation sites (tertiary alicyclic amines) is 1. The third kappa shape index (κ3) is 4.34. The standard InChI is InChI=1S/C23H24N2O5S/c1-15-12-18(16(2)25(15)13-17-6-4-10-29-17)20(26)14-30-23(28)19-7-3-9-24(19)22(27)21-8-5-11-31-21/h4-6,8,10-12,19H,3,7,9,13-14H2,1-2H3. The third-order valence-corrected chi connectivity index (χ3v) is 6.49. The van der Waals surface area contributed by atoms with E-state index in [0.29, 0.717) is 30.0 Å². The van der Waals surface area contributed by atoms with E-state index in [-0.39, 0.29) is 18.3 Å². The SMILES string of the molecule is Cc1cc(C(=O)COC(=O)C2CCCN2C(=O)c2cccs2)c(C)n1Cc1ccco1. The molecule has 31 heavy (non-hydrogen) atoms. The van der Waals surface area contributed by atoms with Gasteiger partial charge in [0.2, 0.25) is 5.78 Å². The summed E-state index contributed by atoms with van der Waals surface area (Å²) in [7, 11) is 0. The van der Waals surface area contributed by atoms with Gasteiger partial charge in [-0.1, -0.05) is 6.07 Å². The fourth-order valence-corrected chi connectivity index (χ4v) is 4.67. The van der Waals surface area contributed by atoms with Crippen molar-refractivity contribution in [3.8, 4) is 0 Å². The second kappa shape index (κ2) is 8.93. The lowest BCUT2D eigenvalue weighted by Gasteiger charge is -2.22. The molecule has 4 heterocycles. The lowest BCUT2D eigenvalue weighted by molar-refractivity contribution is -0.147. The second-order valence-electron chi connectivity index (χ2n) is 7.62. The van der Waals surface area contributed by atoms with Crippen LogP contribution in [0.25, 0.3) is 0 Å². The number of Topliss-reactive ketones (excluding diaryl/α,β-unsaturated/α-hetero) is 1. The summed E-state index contributed by atoms with van der Waals surface area (Å²) in [5.41, 5.74) is 2.24. The van der Waals surface area contributed by atoms with Crippen molar-refractivity contribution in [2.24, 2.45) is 0 Å². The maximum absolute atomic E-state index is 12.8. The molecule has 0 aliphatic carbocycles. The lowest BCUT2D eigenvalue weighted by Crippen LogP contribution is -2.41. The molecule has 1 amide bonds. The molecule has 1 fully saturated rings. The number of amides is 1. The molecule has 1 atom stereocenters. The average molecular weight is 441 g/mol. The zero-order chi connectivity index (χ0) is 22.0. The minimum atomic E-state index is -0.645. The fourth-order valence-electron chi connectivity index (χ4n) is 3.99. The number of esters is 1. The zero-order valence-electron chi connectivity index (χ0n) is 17.5. The van der Waals surface area contributed by atoms with Crippen molar-refractivity contribution in [3.63, 3.8) is 0 Å². The molecule has 0 spiro atoms. The van der Waals surface area contributed by atoms with E-state index in [1.54, 1.807) is 23.3 Å². The van der Waals surface area contributed by atoms with Gasteiger partial charge >= 0.3 is 5.97 Å². The summed E-state index contributed by atoms with van der Waals surface area (Å²) in [6, 6.07) is 8.42. The van der Waals surface area contributed by atoms with E-state index in [1.165, 1.54) is 11.3 Å². The Bertz CT molecular complexity index is 1080. The van der Waals surface area contributed by atoms with Gasteiger partial charge in [-0.3, -0.25) is 9.59 Å². The summed E-state index contributed by atoms with van der Waals surface area (Å²) in [5.74, 6) is -0.160. The Morgan fingerprint density at radius 1 is 1.23 bits per heavy atom. The van der Waals surface area contributed by atoms with Crippen LogP contribution in [-0.2, 0) is 16.1 Å². The van der Waals surface area contributed by atoms with Crippen LogP contribution < -0.4 is 0 Å². The summed E-state index contributed by atoms with van der Waals surface area (Å²) in [6.07, 6.45) is 2.89. The number of ketones is 1. The van der Waals surface area contributed by atoms with Crippen molar-refractivity contribution in [2.75, 3.05) is 13.2 Å². The van der Waals surface area contributed by atoms with Gasteiger partial charge in [-0.2, -0.15) is 0 Å². The highest BCUT2D eigenvalue weighted by atomic mass is 32.1. The number of nitrogens with zero attached hydrogens (tertiary/aromatic N) is 2. The zero-order valence-corrected chi connectivity index (χ0v) is 18.3. The molecule has 0 N–H and O–H groups in total. The smallest absolute Gasteiger partial charge is 0.329 e. The minimum absolute atomic E-state index is 0.165. The predicted molar refractivity (Wildman–Crippen MR) is 115 cm³/mol. The van der Waals surface area contributed by atoms with E-state index < -0.39 is 12.0 Å². The Morgan fingerprint density at radius 2 is 2.06 bits per heavy atom. The molecule has 4 rings (SSSR count). The van der Waals surface area contributed by atoms with Crippen molar-refractivity contribution in [3.05, 3.63) is 69.6 Å². The summed E-state index contributed by atoms with van der Waals surface area (Å²) >= 11 is 1.35. The highest BCUT2D eigenvalue weighted by Gasteiger charge is 2.36. The Morgan fingerprint density at radius 3 is 2.77 bits per heavy atom. The van der Waals surface area contributed by atoms with E-state index in [4.69, 9.17) is 9.15 Å². The van der Waals surface area contributed by atoms with Gasteiger partial charge in [0.1, 0.15) is 11.8 Å². The number of aromatic nitrogens is 1. The number of carbonyl (C=O) groups excluding carboxylic acids is 3. The highest BCUT2D eigenvalue weighted by molar-refractivity contribution is 7.12. The lowest BCUT2D eigenvalue weighted by atomic mass is 10.1. The number of hydrogen-bond acceptors (Lipinski definition) is 6. The molecule has 1 aliphatic heterocycles. The van der Waals surface area contributed by atoms with Crippen molar-refractivity contribution in [2.45, 2.75) is 39.3 Å². The summed E-state index contributed by atoms with van der Waals surface area (Å²) in [4.78, 5) is 40.2. The summed E-state index contributed by atoms with van der Waals surface area (Å²) in [5, 5.41) is 1.83. The molecule has 0 aromatic carbocycles. The first-order valence-electron chi connectivity index (χ1n) is 10.2. The van der Waals surface area contributed by atoms with Gasteiger partial charge in [0.15, 0.2) is 6.61 Å². The number of thiophene rings is 1. The number of ether oxygens (including phenoxy) is 1. The van der Waals surface area contributed by atoms with Gasteiger partial charge in [-0.15, -0.1) is 11.3 Å². The van der Waals surface area contributed by atoms with E-state index in [0.717, 1.165) is 23.6 Å². The van der Waals surface area contributed by atoms with Crippen LogP contribution in [0.2, 0.25) is 0 Å². The van der Waals surface area contributed by atoms with Crippen molar-refractivity contribution in [1.82, 2.24) is 9.47 Å². The van der Waals surface area contributed by atoms with Gasteiger partial charge in [0.05, 0.1) is 17.7 Å². The van der Waals surface area contributed by atoms with E-state index in [9.17, 15) is 14.4 Å². The molecule has 1 unspecified atom stereocenters. The molecule has 7 nitrogen and oxygen atoms in total. The van der Waals surface area contributed by atoms with Crippen LogP contribution in [0.1, 0.15) is 50.0 Å². The first-order valence-corrected chi connectivity index (χ1v) is 11.1. The molecule has 162 valence electrons. The molecular weight excluding hydrogens is 416 g/mol. The van der Waals surface area contributed by atoms with Gasteiger partial charge in [-0.25, -0.2) is 4.79 Å². The maximum Gasteiger partial charge on any atom is 0.329 e. The monoisotopic (exact) mass is 440 g/mol. The Hall–Kier alpha value is -3.13. The minimum Gasteiger partial charge on any atom is -0.467 e. The molecule has 3 aromatic rings. The van der Waals surface area contributed by atoms with E-state index >= 15 is 0 Å². The van der Waals surface area contributed by atoms with Crippen molar-refractivity contribution >= 4 is 29.0 Å². The van der Waals surface area contributed by atoms with Crippen LogP contribution >= 0.6 is 11.3 Å². The number of hydrogen-bond donors (Lipinski definition) is 0. The van der Waals surface area contributed by atoms with Crippen LogP contribution in [-0.4, -0.2) is 46.3 Å². The van der Waals surface area contributed by atoms with Gasteiger partial charge in [0, 0.05) is 23.5 Å². The number of carbonyl (C=O) groups is 3. The topological polar surface area (TPSA) is 81.8 Å². The fraction of sp³-hybridized carbons (Fsp3) is 0.348. The first-order chi connectivity index (χ1) is 15.0. The van der Waals surface area contributed by atoms with Gasteiger partial charge in [0.25, 0.3) is 5.91 Å². The van der Waals surface area contributed by atoms with Crippen molar-refractivity contribution in [1.29, 1.82) is 0 Å². The third-order valence-electron chi connectivity index (χ3n) is 5.63. The number of furan rings is 1. The number of aryl methyl sites for hydroxylation is 1. The molecule has 3 aromatic heterocycles. The first kappa shape index (κ1) is 21.1. The maximum atomic E-state index is 12.8. The van der Waals surface area contributed by atoms with Crippen LogP contribution in [0.4, 0.5) is 0 Å². The highest BCUT2D eigenvalue weighted by Crippen LogP contribution is 2.23. The molecule has 1 saturated heterocycles. The molecule has 1 aliphatic rings. The average Bonchev–Trinajstić information content (AvgIpc) is 3.56. The Labute approximate surface area is 184 Å². The Balaban J connectivity index is 1.39. The quantitative estimate of drug-likeness (QED) is 0.412. The molecule has 0 bridgehead atoms. The van der Waals surface area contributed by atoms with E-state index in [2.05, 4.69) is 0 Å². The molecule has 0 saturated carbocycles. The summed E-state index contributed by atoms with van der Waals surface area (Å²) < 4.78 is 12.7. The molecule has 0 radical (unpaired) electrons. The molecule has 8 heteroatoms. The number of rotatable bonds is 7. The van der Waals surface area contributed by atoms with Crippen LogP contribution in [0.15, 0.2) is 46.4 Å². The van der Waals surface area contributed by atoms with E-state index in [1.807, 2.05) is 42.0 Å². The van der Waals surface area contributed by atoms with Crippen LogP contribution in [0.5, 0.6) is 0 Å². The molecular formula is C23H24N2O5S. The Kier molecular flexibility index (Phi) is 6.08. The largest absolute Gasteiger partial charge is 0.467 e. The van der Waals surface area contributed by atoms with Crippen molar-refractivity contribution < 1.29 is 23.5 Å². The van der Waals surface area contributed by atoms with Gasteiger partial charge < -0.3 is 18.6 Å². The van der Waals surface area contributed by atoms with Gasteiger partial charge in [-0.05, 0) is 56.3 Å². The normalized spacial score (nSPS) is 15.9.